The van der Waals surface area contributed by atoms with E-state index in [0.29, 0.717) is 10.2 Å². The second kappa shape index (κ2) is 4.84. The van der Waals surface area contributed by atoms with E-state index in [1.54, 1.807) is 0 Å². The van der Waals surface area contributed by atoms with E-state index >= 15 is 0 Å². The van der Waals surface area contributed by atoms with Crippen molar-refractivity contribution >= 4 is 15.9 Å². The fourth-order valence-corrected chi connectivity index (χ4v) is 1.80. The van der Waals surface area contributed by atoms with Crippen LogP contribution < -0.4 is 4.74 Å². The maximum Gasteiger partial charge on any atom is 0.255 e. The summed E-state index contributed by atoms with van der Waals surface area (Å²) in [6.07, 6.45) is 1.50. The highest BCUT2D eigenvalue weighted by atomic mass is 79.9. The molecule has 0 aliphatic rings. The molecule has 4 heteroatoms. The molecule has 0 bridgehead atoms. The Morgan fingerprint density at radius 3 is 2.65 bits per heavy atom. The lowest BCUT2D eigenvalue weighted by Gasteiger charge is -2.09. The van der Waals surface area contributed by atoms with Crippen LogP contribution in [0.25, 0.3) is 0 Å². The molecule has 0 N–H and O–H groups in total. The molecule has 2 rings (SSSR count). The fourth-order valence-electron chi connectivity index (χ4n) is 1.50. The normalized spacial score (nSPS) is 10.4. The summed E-state index contributed by atoms with van der Waals surface area (Å²) in [5.41, 5.74) is 2.09. The van der Waals surface area contributed by atoms with Gasteiger partial charge in [-0.1, -0.05) is 17.7 Å². The fraction of sp³-hybridized carbons (Fsp3) is 0.154. The number of hydrogen-bond donors (Lipinski definition) is 0. The van der Waals surface area contributed by atoms with Crippen molar-refractivity contribution < 1.29 is 9.13 Å². The third-order valence-electron chi connectivity index (χ3n) is 2.31. The van der Waals surface area contributed by atoms with Crippen molar-refractivity contribution in [2.75, 3.05) is 0 Å². The predicted molar refractivity (Wildman–Crippen MR) is 67.9 cm³/mol. The monoisotopic (exact) mass is 295 g/mol. The first-order valence-corrected chi connectivity index (χ1v) is 5.92. The molecule has 0 saturated carbocycles. The van der Waals surface area contributed by atoms with Crippen LogP contribution >= 0.6 is 15.9 Å². The SMILES string of the molecule is Cc1ccc(Oc2ncc(Br)cc2F)c(C)c1. The molecular formula is C13H11BrFNO. The Kier molecular flexibility index (Phi) is 3.43. The van der Waals surface area contributed by atoms with E-state index in [2.05, 4.69) is 20.9 Å². The first-order chi connectivity index (χ1) is 8.06. The number of ether oxygens (including phenoxy) is 1. The van der Waals surface area contributed by atoms with Crippen molar-refractivity contribution in [3.63, 3.8) is 0 Å². The topological polar surface area (TPSA) is 22.1 Å². The van der Waals surface area contributed by atoms with Crippen molar-refractivity contribution in [2.24, 2.45) is 0 Å². The largest absolute Gasteiger partial charge is 0.436 e. The highest BCUT2D eigenvalue weighted by molar-refractivity contribution is 9.10. The van der Waals surface area contributed by atoms with E-state index in [9.17, 15) is 4.39 Å². The maximum atomic E-state index is 13.5. The van der Waals surface area contributed by atoms with Crippen LogP contribution in [0.1, 0.15) is 11.1 Å². The summed E-state index contributed by atoms with van der Waals surface area (Å²) in [7, 11) is 0. The number of halogens is 2. The molecule has 1 heterocycles. The number of pyridine rings is 1. The number of aryl methyl sites for hydroxylation is 2. The Morgan fingerprint density at radius 1 is 1.24 bits per heavy atom. The molecule has 1 aromatic carbocycles. The Labute approximate surface area is 108 Å². The Balaban J connectivity index is 2.31. The zero-order valence-electron chi connectivity index (χ0n) is 9.50. The van der Waals surface area contributed by atoms with Crippen LogP contribution in [0.5, 0.6) is 11.6 Å². The van der Waals surface area contributed by atoms with Gasteiger partial charge in [-0.15, -0.1) is 0 Å². The van der Waals surface area contributed by atoms with Gasteiger partial charge in [0.25, 0.3) is 5.88 Å². The minimum Gasteiger partial charge on any atom is -0.436 e. The van der Waals surface area contributed by atoms with Crippen LogP contribution in [-0.4, -0.2) is 4.98 Å². The third kappa shape index (κ3) is 2.82. The summed E-state index contributed by atoms with van der Waals surface area (Å²) < 4.78 is 19.6. The van der Waals surface area contributed by atoms with Gasteiger partial charge in [0.15, 0.2) is 5.82 Å². The number of rotatable bonds is 2. The molecule has 1 aromatic heterocycles. The maximum absolute atomic E-state index is 13.5. The van der Waals surface area contributed by atoms with E-state index < -0.39 is 5.82 Å². The molecule has 0 radical (unpaired) electrons. The van der Waals surface area contributed by atoms with Crippen LogP contribution in [-0.2, 0) is 0 Å². The van der Waals surface area contributed by atoms with E-state index in [-0.39, 0.29) is 5.88 Å². The quantitative estimate of drug-likeness (QED) is 0.820. The van der Waals surface area contributed by atoms with Gasteiger partial charge in [-0.05, 0) is 47.5 Å². The van der Waals surface area contributed by atoms with Gasteiger partial charge in [0.2, 0.25) is 0 Å². The second-order valence-electron chi connectivity index (χ2n) is 3.81. The average Bonchev–Trinajstić information content (AvgIpc) is 2.25. The van der Waals surface area contributed by atoms with E-state index in [4.69, 9.17) is 4.74 Å². The first-order valence-electron chi connectivity index (χ1n) is 5.12. The highest BCUT2D eigenvalue weighted by Gasteiger charge is 2.08. The number of aromatic nitrogens is 1. The lowest BCUT2D eigenvalue weighted by molar-refractivity contribution is 0.419. The highest BCUT2D eigenvalue weighted by Crippen LogP contribution is 2.27. The third-order valence-corrected chi connectivity index (χ3v) is 2.74. The van der Waals surface area contributed by atoms with E-state index in [1.165, 1.54) is 12.3 Å². The van der Waals surface area contributed by atoms with Crippen molar-refractivity contribution in [1.82, 2.24) is 4.98 Å². The lowest BCUT2D eigenvalue weighted by Crippen LogP contribution is -1.94. The molecule has 0 aliphatic carbocycles. The van der Waals surface area contributed by atoms with Gasteiger partial charge in [-0.3, -0.25) is 0 Å². The molecule has 0 unspecified atom stereocenters. The average molecular weight is 296 g/mol. The lowest BCUT2D eigenvalue weighted by atomic mass is 10.1. The van der Waals surface area contributed by atoms with Crippen molar-refractivity contribution in [1.29, 1.82) is 0 Å². The molecule has 2 nitrogen and oxygen atoms in total. The second-order valence-corrected chi connectivity index (χ2v) is 4.73. The van der Waals surface area contributed by atoms with Crippen molar-refractivity contribution in [3.05, 3.63) is 51.9 Å². The van der Waals surface area contributed by atoms with Crippen LogP contribution in [0.3, 0.4) is 0 Å². The van der Waals surface area contributed by atoms with E-state index in [1.807, 2.05) is 32.0 Å². The van der Waals surface area contributed by atoms with Gasteiger partial charge < -0.3 is 4.74 Å². The van der Waals surface area contributed by atoms with Gasteiger partial charge in [-0.25, -0.2) is 9.37 Å². The summed E-state index contributed by atoms with van der Waals surface area (Å²) in [5, 5.41) is 0. The molecule has 2 aromatic rings. The molecule has 0 spiro atoms. The van der Waals surface area contributed by atoms with Gasteiger partial charge in [0.1, 0.15) is 5.75 Å². The Bertz CT molecular complexity index is 508. The standard InChI is InChI=1S/C13H11BrFNO/c1-8-3-4-12(9(2)5-8)17-13-11(15)6-10(14)7-16-13/h3-7H,1-2H3. The molecule has 88 valence electrons. The number of nitrogens with zero attached hydrogens (tertiary/aromatic N) is 1. The molecule has 0 atom stereocenters. The van der Waals surface area contributed by atoms with Crippen molar-refractivity contribution in [3.8, 4) is 11.6 Å². The zero-order chi connectivity index (χ0) is 12.4. The van der Waals surface area contributed by atoms with Crippen molar-refractivity contribution in [2.45, 2.75) is 13.8 Å². The van der Waals surface area contributed by atoms with Gasteiger partial charge in [-0.2, -0.15) is 0 Å². The molecular weight excluding hydrogens is 285 g/mol. The van der Waals surface area contributed by atoms with Crippen LogP contribution in [0.4, 0.5) is 4.39 Å². The summed E-state index contributed by atoms with van der Waals surface area (Å²) >= 11 is 3.15. The summed E-state index contributed by atoms with van der Waals surface area (Å²) in [6.45, 7) is 3.91. The Hall–Kier alpha value is -1.42. The minimum atomic E-state index is -0.487. The van der Waals surface area contributed by atoms with Crippen LogP contribution in [0.15, 0.2) is 34.9 Å². The summed E-state index contributed by atoms with van der Waals surface area (Å²) in [5.74, 6) is 0.115. The smallest absolute Gasteiger partial charge is 0.255 e. The summed E-state index contributed by atoms with van der Waals surface area (Å²) in [4.78, 5) is 3.89. The predicted octanol–water partition coefficient (Wildman–Crippen LogP) is 4.39. The van der Waals surface area contributed by atoms with Crippen LogP contribution in [0.2, 0.25) is 0 Å². The summed E-state index contributed by atoms with van der Waals surface area (Å²) in [6, 6.07) is 7.03. The first kappa shape index (κ1) is 12.0. The number of benzene rings is 1. The zero-order valence-corrected chi connectivity index (χ0v) is 11.1. The molecule has 0 saturated heterocycles. The minimum absolute atomic E-state index is 0.0137. The molecule has 0 fully saturated rings. The molecule has 17 heavy (non-hydrogen) atoms. The van der Waals surface area contributed by atoms with Crippen LogP contribution in [0, 0.1) is 19.7 Å². The molecule has 0 amide bonds. The number of hydrogen-bond acceptors (Lipinski definition) is 2. The van der Waals surface area contributed by atoms with Gasteiger partial charge in [0.05, 0.1) is 0 Å². The van der Waals surface area contributed by atoms with Gasteiger partial charge in [0, 0.05) is 10.7 Å². The van der Waals surface area contributed by atoms with Gasteiger partial charge >= 0.3 is 0 Å². The van der Waals surface area contributed by atoms with E-state index in [0.717, 1.165) is 11.1 Å². The molecule has 0 aliphatic heterocycles. The Morgan fingerprint density at radius 2 is 2.00 bits per heavy atom.